The minimum Gasteiger partial charge on any atom is -0.490 e. The molecule has 0 saturated carbocycles. The number of pyridine rings is 1. The number of piperidine rings is 1. The number of anilines is 1. The highest BCUT2D eigenvalue weighted by molar-refractivity contribution is 5.73. The van der Waals surface area contributed by atoms with Crippen molar-refractivity contribution in [1.29, 1.82) is 0 Å². The zero-order valence-corrected chi connectivity index (χ0v) is 25.1. The standard InChI is InChI=1S/C32H37F2N7O3/c1-19-17-40(18-27(35)32(19)39(3)20(2)42)29-6-9-36-15-21(29)12-30-37-16-22-4-5-28(38-41(22)30)31-25(33)13-24(14-26(31)34)44-23-7-10-43-11-8-23/h4-6,9,13-16,19,23,27,32H,7-8,10-12,17-18,35H2,1-3H3/t19-,27+,32-/m0/s1. The lowest BCUT2D eigenvalue weighted by molar-refractivity contribution is -0.131. The molecule has 1 aromatic carbocycles. The normalized spacial score (nSPS) is 21.0. The summed E-state index contributed by atoms with van der Waals surface area (Å²) >= 11 is 0. The number of carbonyl (C=O) groups is 1. The van der Waals surface area contributed by atoms with Crippen LogP contribution in [0.3, 0.4) is 0 Å². The second kappa shape index (κ2) is 12.4. The minimum atomic E-state index is -0.751. The number of halogens is 2. The quantitative estimate of drug-likeness (QED) is 0.338. The van der Waals surface area contributed by atoms with E-state index in [2.05, 4.69) is 26.9 Å². The lowest BCUT2D eigenvalue weighted by atomic mass is 9.88. The van der Waals surface area contributed by atoms with Crippen molar-refractivity contribution in [3.05, 3.63) is 71.9 Å². The van der Waals surface area contributed by atoms with Gasteiger partial charge in [0, 0.05) is 88.1 Å². The van der Waals surface area contributed by atoms with Crippen LogP contribution in [0.4, 0.5) is 14.5 Å². The number of likely N-dealkylation sites (N-methyl/N-ethyl adjacent to an activating group) is 1. The van der Waals surface area contributed by atoms with Crippen LogP contribution in [0.2, 0.25) is 0 Å². The predicted octanol–water partition coefficient (Wildman–Crippen LogP) is 3.85. The van der Waals surface area contributed by atoms with E-state index in [-0.39, 0.29) is 47.0 Å². The molecule has 0 aliphatic carbocycles. The fraction of sp³-hybridized carbons (Fsp3) is 0.438. The van der Waals surface area contributed by atoms with Gasteiger partial charge in [-0.2, -0.15) is 5.10 Å². The topological polar surface area (TPSA) is 111 Å². The van der Waals surface area contributed by atoms with Crippen LogP contribution < -0.4 is 15.4 Å². The summed E-state index contributed by atoms with van der Waals surface area (Å²) in [5.41, 5.74) is 9.09. The van der Waals surface area contributed by atoms with Crippen molar-refractivity contribution >= 4 is 17.1 Å². The molecular formula is C32H37F2N7O3. The second-order valence-electron chi connectivity index (χ2n) is 11.8. The average molecular weight is 606 g/mol. The molecule has 2 N–H and O–H groups in total. The number of ether oxygens (including phenoxy) is 2. The second-order valence-corrected chi connectivity index (χ2v) is 11.8. The Hall–Kier alpha value is -4.16. The molecule has 0 unspecified atom stereocenters. The molecule has 232 valence electrons. The van der Waals surface area contributed by atoms with Gasteiger partial charge in [0.1, 0.15) is 29.3 Å². The SMILES string of the molecule is CC(=O)N(C)[C@@H]1[C@H](N)CN(c2ccncc2Cc2ncc3ccc(-c4c(F)cc(OC5CCOCC5)cc4F)nn23)C[C@@H]1C. The van der Waals surface area contributed by atoms with E-state index in [1.165, 1.54) is 12.1 Å². The van der Waals surface area contributed by atoms with Crippen LogP contribution in [0.5, 0.6) is 5.75 Å². The molecule has 12 heteroatoms. The average Bonchev–Trinajstić information content (AvgIpc) is 3.39. The van der Waals surface area contributed by atoms with Gasteiger partial charge in [-0.05, 0) is 24.1 Å². The van der Waals surface area contributed by atoms with Crippen molar-refractivity contribution in [2.75, 3.05) is 38.3 Å². The summed E-state index contributed by atoms with van der Waals surface area (Å²) in [6.07, 6.45) is 6.80. The van der Waals surface area contributed by atoms with Crippen molar-refractivity contribution in [3.8, 4) is 17.0 Å². The first kappa shape index (κ1) is 29.9. The highest BCUT2D eigenvalue weighted by Crippen LogP contribution is 2.32. The van der Waals surface area contributed by atoms with E-state index in [0.29, 0.717) is 56.9 Å². The summed E-state index contributed by atoms with van der Waals surface area (Å²) in [5, 5.41) is 4.61. The third kappa shape index (κ3) is 5.96. The van der Waals surface area contributed by atoms with Gasteiger partial charge < -0.3 is 25.0 Å². The zero-order chi connectivity index (χ0) is 31.0. The fourth-order valence-corrected chi connectivity index (χ4v) is 6.46. The van der Waals surface area contributed by atoms with E-state index < -0.39 is 11.6 Å². The summed E-state index contributed by atoms with van der Waals surface area (Å²) < 4.78 is 43.4. The summed E-state index contributed by atoms with van der Waals surface area (Å²) in [4.78, 5) is 24.9. The van der Waals surface area contributed by atoms with Gasteiger partial charge in [0.25, 0.3) is 0 Å². The van der Waals surface area contributed by atoms with Crippen molar-refractivity contribution in [3.63, 3.8) is 0 Å². The van der Waals surface area contributed by atoms with Crippen LogP contribution in [0.25, 0.3) is 16.8 Å². The van der Waals surface area contributed by atoms with Crippen LogP contribution in [-0.4, -0.2) is 81.9 Å². The molecule has 2 aliphatic rings. The lowest BCUT2D eigenvalue weighted by Gasteiger charge is -2.46. The minimum absolute atomic E-state index is 0.00701. The molecular weight excluding hydrogens is 568 g/mol. The highest BCUT2D eigenvalue weighted by atomic mass is 19.1. The summed E-state index contributed by atoms with van der Waals surface area (Å²) in [7, 11) is 1.80. The van der Waals surface area contributed by atoms with Crippen LogP contribution in [0, 0.1) is 17.6 Å². The Balaban J connectivity index is 1.26. The largest absolute Gasteiger partial charge is 0.490 e. The Morgan fingerprint density at radius 2 is 1.89 bits per heavy atom. The van der Waals surface area contributed by atoms with Gasteiger partial charge in [0.05, 0.1) is 42.2 Å². The number of nitrogens with two attached hydrogens (primary N) is 1. The first-order chi connectivity index (χ1) is 21.2. The van der Waals surface area contributed by atoms with E-state index in [1.54, 1.807) is 54.1 Å². The number of nitrogens with zero attached hydrogens (tertiary/aromatic N) is 6. The number of carbonyl (C=O) groups excluding carboxylic acids is 1. The van der Waals surface area contributed by atoms with Gasteiger partial charge in [-0.15, -0.1) is 0 Å². The Labute approximate surface area is 254 Å². The molecule has 3 atom stereocenters. The van der Waals surface area contributed by atoms with E-state index in [4.69, 9.17) is 15.2 Å². The molecule has 2 fully saturated rings. The van der Waals surface area contributed by atoms with E-state index in [0.717, 1.165) is 11.3 Å². The molecule has 0 radical (unpaired) electrons. The number of fused-ring (bicyclic) bond motifs is 1. The number of imidazole rings is 1. The molecule has 2 aliphatic heterocycles. The molecule has 0 bridgehead atoms. The van der Waals surface area contributed by atoms with E-state index in [9.17, 15) is 4.79 Å². The Bertz CT molecular complexity index is 1620. The Morgan fingerprint density at radius 1 is 1.14 bits per heavy atom. The first-order valence-corrected chi connectivity index (χ1v) is 14.9. The van der Waals surface area contributed by atoms with Gasteiger partial charge >= 0.3 is 0 Å². The number of hydrogen-bond acceptors (Lipinski definition) is 8. The third-order valence-corrected chi connectivity index (χ3v) is 8.67. The van der Waals surface area contributed by atoms with Gasteiger partial charge in [-0.3, -0.25) is 9.78 Å². The van der Waals surface area contributed by atoms with Crippen LogP contribution >= 0.6 is 0 Å². The van der Waals surface area contributed by atoms with Crippen LogP contribution in [0.15, 0.2) is 48.9 Å². The number of rotatable bonds is 7. The number of aromatic nitrogens is 4. The molecule has 6 rings (SSSR count). The van der Waals surface area contributed by atoms with Crippen molar-refractivity contribution in [2.24, 2.45) is 11.7 Å². The predicted molar refractivity (Wildman–Crippen MR) is 161 cm³/mol. The monoisotopic (exact) mass is 605 g/mol. The van der Waals surface area contributed by atoms with Crippen LogP contribution in [0.1, 0.15) is 38.1 Å². The summed E-state index contributed by atoms with van der Waals surface area (Å²) in [6, 6.07) is 7.40. The highest BCUT2D eigenvalue weighted by Gasteiger charge is 2.36. The van der Waals surface area contributed by atoms with Crippen molar-refractivity contribution < 1.29 is 23.0 Å². The van der Waals surface area contributed by atoms with Crippen LogP contribution in [-0.2, 0) is 16.0 Å². The third-order valence-electron chi connectivity index (χ3n) is 8.67. The molecule has 2 saturated heterocycles. The molecule has 44 heavy (non-hydrogen) atoms. The molecule has 0 spiro atoms. The van der Waals surface area contributed by atoms with Crippen molar-refractivity contribution in [1.82, 2.24) is 24.5 Å². The van der Waals surface area contributed by atoms with Gasteiger partial charge in [-0.1, -0.05) is 6.92 Å². The van der Waals surface area contributed by atoms with E-state index >= 15 is 8.78 Å². The van der Waals surface area contributed by atoms with Crippen molar-refractivity contribution in [2.45, 2.75) is 51.3 Å². The summed E-state index contributed by atoms with van der Waals surface area (Å²) in [5.74, 6) is -0.621. The van der Waals surface area contributed by atoms with Gasteiger partial charge in [0.15, 0.2) is 0 Å². The zero-order valence-electron chi connectivity index (χ0n) is 25.1. The maximum absolute atomic E-state index is 15.3. The number of amides is 1. The fourth-order valence-electron chi connectivity index (χ4n) is 6.46. The van der Waals surface area contributed by atoms with E-state index in [1.807, 2.05) is 6.07 Å². The summed E-state index contributed by atoms with van der Waals surface area (Å²) in [6.45, 7) is 6.07. The smallest absolute Gasteiger partial charge is 0.219 e. The molecule has 1 amide bonds. The Morgan fingerprint density at radius 3 is 2.59 bits per heavy atom. The molecule has 10 nitrogen and oxygen atoms in total. The van der Waals surface area contributed by atoms with Gasteiger partial charge in [0.2, 0.25) is 5.91 Å². The molecule has 4 aromatic rings. The Kier molecular flexibility index (Phi) is 8.46. The number of benzene rings is 1. The number of hydrogen-bond donors (Lipinski definition) is 1. The first-order valence-electron chi connectivity index (χ1n) is 14.9. The maximum atomic E-state index is 15.3. The maximum Gasteiger partial charge on any atom is 0.219 e. The molecule has 5 heterocycles. The lowest BCUT2D eigenvalue weighted by Crippen LogP contribution is -2.62. The molecule has 3 aromatic heterocycles. The van der Waals surface area contributed by atoms with Gasteiger partial charge in [-0.25, -0.2) is 18.3 Å².